The summed E-state index contributed by atoms with van der Waals surface area (Å²) in [5.41, 5.74) is 1.74. The third-order valence-electron chi connectivity index (χ3n) is 2.55. The standard InChI is InChI=1S/C12H13ClN2O2/c1-3-10(16)11-14-12(17-15-11)8-5-4-7(2)9(13)6-8/h4-6,10,16H,3H2,1-2H3. The van der Waals surface area contributed by atoms with E-state index in [1.807, 2.05) is 26.0 Å². The smallest absolute Gasteiger partial charge is 0.258 e. The lowest BCUT2D eigenvalue weighted by molar-refractivity contribution is 0.159. The number of aryl methyl sites for hydroxylation is 1. The van der Waals surface area contributed by atoms with E-state index in [1.54, 1.807) is 6.07 Å². The van der Waals surface area contributed by atoms with Crippen molar-refractivity contribution in [3.63, 3.8) is 0 Å². The van der Waals surface area contributed by atoms with E-state index in [0.29, 0.717) is 23.2 Å². The lowest BCUT2D eigenvalue weighted by atomic mass is 10.1. The first-order chi connectivity index (χ1) is 8.11. The topological polar surface area (TPSA) is 59.2 Å². The van der Waals surface area contributed by atoms with Crippen LogP contribution in [0.15, 0.2) is 22.7 Å². The summed E-state index contributed by atoms with van der Waals surface area (Å²) in [6.07, 6.45) is -0.137. The van der Waals surface area contributed by atoms with Crippen molar-refractivity contribution in [1.82, 2.24) is 10.1 Å². The molecule has 1 unspecified atom stereocenters. The molecule has 2 rings (SSSR count). The number of aliphatic hydroxyl groups is 1. The van der Waals surface area contributed by atoms with Gasteiger partial charge in [0.1, 0.15) is 6.10 Å². The number of halogens is 1. The lowest BCUT2D eigenvalue weighted by Gasteiger charge is -1.99. The highest BCUT2D eigenvalue weighted by Gasteiger charge is 2.15. The van der Waals surface area contributed by atoms with Crippen molar-refractivity contribution in [3.05, 3.63) is 34.6 Å². The zero-order valence-corrected chi connectivity index (χ0v) is 10.4. The molecular weight excluding hydrogens is 240 g/mol. The zero-order chi connectivity index (χ0) is 12.4. The molecule has 0 aliphatic heterocycles. The molecule has 1 N–H and O–H groups in total. The molecule has 5 heteroatoms. The Morgan fingerprint density at radius 2 is 2.24 bits per heavy atom. The van der Waals surface area contributed by atoms with Crippen LogP contribution in [0.5, 0.6) is 0 Å². The first-order valence-electron chi connectivity index (χ1n) is 5.40. The van der Waals surface area contributed by atoms with Crippen LogP contribution in [0.2, 0.25) is 5.02 Å². The highest BCUT2D eigenvalue weighted by molar-refractivity contribution is 6.31. The molecule has 0 amide bonds. The Labute approximate surface area is 104 Å². The Hall–Kier alpha value is -1.39. The molecule has 17 heavy (non-hydrogen) atoms. The molecule has 2 aromatic rings. The SMILES string of the molecule is CCC(O)c1noc(-c2ccc(C)c(Cl)c2)n1. The van der Waals surface area contributed by atoms with Gasteiger partial charge in [-0.25, -0.2) is 0 Å². The van der Waals surface area contributed by atoms with Crippen molar-refractivity contribution >= 4 is 11.6 Å². The normalized spacial score (nSPS) is 12.7. The monoisotopic (exact) mass is 252 g/mol. The van der Waals surface area contributed by atoms with E-state index in [2.05, 4.69) is 10.1 Å². The first-order valence-corrected chi connectivity index (χ1v) is 5.77. The second kappa shape index (κ2) is 4.85. The third kappa shape index (κ3) is 2.48. The fourth-order valence-electron chi connectivity index (χ4n) is 1.40. The Morgan fingerprint density at radius 3 is 2.88 bits per heavy atom. The summed E-state index contributed by atoms with van der Waals surface area (Å²) in [7, 11) is 0. The summed E-state index contributed by atoms with van der Waals surface area (Å²) in [5.74, 6) is 0.675. The van der Waals surface area contributed by atoms with Crippen molar-refractivity contribution < 1.29 is 9.63 Å². The minimum absolute atomic E-state index is 0.305. The summed E-state index contributed by atoms with van der Waals surface area (Å²) in [6.45, 7) is 3.77. The molecule has 1 heterocycles. The van der Waals surface area contributed by atoms with Crippen molar-refractivity contribution in [1.29, 1.82) is 0 Å². The van der Waals surface area contributed by atoms with E-state index in [-0.39, 0.29) is 0 Å². The second-order valence-corrected chi connectivity index (χ2v) is 4.25. The highest BCUT2D eigenvalue weighted by Crippen LogP contribution is 2.25. The van der Waals surface area contributed by atoms with Gasteiger partial charge in [0.15, 0.2) is 0 Å². The zero-order valence-electron chi connectivity index (χ0n) is 9.64. The summed E-state index contributed by atoms with van der Waals surface area (Å²) >= 11 is 6.02. The van der Waals surface area contributed by atoms with Gasteiger partial charge in [-0.05, 0) is 31.0 Å². The minimum atomic E-state index is -0.687. The van der Waals surface area contributed by atoms with Crippen LogP contribution < -0.4 is 0 Å². The van der Waals surface area contributed by atoms with Gasteiger partial charge in [0.2, 0.25) is 5.82 Å². The quantitative estimate of drug-likeness (QED) is 0.912. The maximum atomic E-state index is 9.58. The minimum Gasteiger partial charge on any atom is -0.385 e. The molecule has 0 aliphatic carbocycles. The van der Waals surface area contributed by atoms with Crippen LogP contribution in [0.25, 0.3) is 11.5 Å². The van der Waals surface area contributed by atoms with Gasteiger partial charge in [0.25, 0.3) is 5.89 Å². The van der Waals surface area contributed by atoms with Crippen LogP contribution in [0.3, 0.4) is 0 Å². The maximum absolute atomic E-state index is 9.58. The van der Waals surface area contributed by atoms with E-state index in [4.69, 9.17) is 16.1 Å². The predicted octanol–water partition coefficient (Wildman–Crippen LogP) is 3.14. The molecule has 4 nitrogen and oxygen atoms in total. The molecule has 0 bridgehead atoms. The Bertz CT molecular complexity index is 525. The average Bonchev–Trinajstić information content (AvgIpc) is 2.81. The number of hydrogen-bond donors (Lipinski definition) is 1. The fourth-order valence-corrected chi connectivity index (χ4v) is 1.58. The van der Waals surface area contributed by atoms with Gasteiger partial charge < -0.3 is 9.63 Å². The summed E-state index contributed by atoms with van der Waals surface area (Å²) < 4.78 is 5.09. The van der Waals surface area contributed by atoms with E-state index in [0.717, 1.165) is 11.1 Å². The number of aromatic nitrogens is 2. The molecule has 1 aromatic heterocycles. The van der Waals surface area contributed by atoms with Gasteiger partial charge in [0, 0.05) is 10.6 Å². The largest absolute Gasteiger partial charge is 0.385 e. The average molecular weight is 253 g/mol. The van der Waals surface area contributed by atoms with Gasteiger partial charge in [-0.1, -0.05) is 29.7 Å². The van der Waals surface area contributed by atoms with E-state index in [1.165, 1.54) is 0 Å². The van der Waals surface area contributed by atoms with Gasteiger partial charge >= 0.3 is 0 Å². The van der Waals surface area contributed by atoms with Crippen LogP contribution in [-0.4, -0.2) is 15.2 Å². The van der Waals surface area contributed by atoms with Crippen LogP contribution in [0, 0.1) is 6.92 Å². The summed E-state index contributed by atoms with van der Waals surface area (Å²) in [6, 6.07) is 5.52. The molecule has 0 fully saturated rings. The Balaban J connectivity index is 2.33. The summed E-state index contributed by atoms with van der Waals surface area (Å²) in [4.78, 5) is 4.14. The van der Waals surface area contributed by atoms with Crippen LogP contribution in [-0.2, 0) is 0 Å². The number of nitrogens with zero attached hydrogens (tertiary/aromatic N) is 2. The number of aliphatic hydroxyl groups excluding tert-OH is 1. The number of benzene rings is 1. The molecule has 0 saturated heterocycles. The molecule has 0 spiro atoms. The van der Waals surface area contributed by atoms with E-state index in [9.17, 15) is 5.11 Å². The molecule has 0 aliphatic rings. The molecule has 1 atom stereocenters. The van der Waals surface area contributed by atoms with Crippen molar-refractivity contribution in [2.24, 2.45) is 0 Å². The van der Waals surface area contributed by atoms with Gasteiger partial charge in [-0.2, -0.15) is 4.98 Å². The van der Waals surface area contributed by atoms with Crippen LogP contribution in [0.1, 0.15) is 30.8 Å². The molecule has 0 radical (unpaired) electrons. The second-order valence-electron chi connectivity index (χ2n) is 3.85. The van der Waals surface area contributed by atoms with Gasteiger partial charge in [-0.15, -0.1) is 0 Å². The van der Waals surface area contributed by atoms with Crippen LogP contribution >= 0.6 is 11.6 Å². The maximum Gasteiger partial charge on any atom is 0.258 e. The van der Waals surface area contributed by atoms with Gasteiger partial charge in [0.05, 0.1) is 0 Å². The first kappa shape index (κ1) is 12.1. The Morgan fingerprint density at radius 1 is 1.47 bits per heavy atom. The van der Waals surface area contributed by atoms with Crippen molar-refractivity contribution in [3.8, 4) is 11.5 Å². The van der Waals surface area contributed by atoms with Crippen molar-refractivity contribution in [2.75, 3.05) is 0 Å². The van der Waals surface area contributed by atoms with Crippen molar-refractivity contribution in [2.45, 2.75) is 26.4 Å². The van der Waals surface area contributed by atoms with E-state index < -0.39 is 6.10 Å². The third-order valence-corrected chi connectivity index (χ3v) is 2.95. The fraction of sp³-hybridized carbons (Fsp3) is 0.333. The molecule has 1 aromatic carbocycles. The lowest BCUT2D eigenvalue weighted by Crippen LogP contribution is -1.97. The van der Waals surface area contributed by atoms with Crippen LogP contribution in [0.4, 0.5) is 0 Å². The summed E-state index contributed by atoms with van der Waals surface area (Å²) in [5, 5.41) is 14.0. The Kier molecular flexibility index (Phi) is 3.45. The van der Waals surface area contributed by atoms with E-state index >= 15 is 0 Å². The molecule has 0 saturated carbocycles. The number of hydrogen-bond acceptors (Lipinski definition) is 4. The molecule has 90 valence electrons. The predicted molar refractivity (Wildman–Crippen MR) is 64.7 cm³/mol. The number of rotatable bonds is 3. The molecular formula is C12H13ClN2O2. The van der Waals surface area contributed by atoms with Gasteiger partial charge in [-0.3, -0.25) is 0 Å². The highest BCUT2D eigenvalue weighted by atomic mass is 35.5.